The molecule has 3 rings (SSSR count). The van der Waals surface area contributed by atoms with Gasteiger partial charge in [-0.3, -0.25) is 9.69 Å². The molecule has 1 amide bonds. The average molecular weight is 639 g/mol. The second kappa shape index (κ2) is 14.4. The maximum atomic E-state index is 14.3. The van der Waals surface area contributed by atoms with Gasteiger partial charge >= 0.3 is 12.1 Å². The highest BCUT2D eigenvalue weighted by Crippen LogP contribution is 2.43. The van der Waals surface area contributed by atoms with Gasteiger partial charge < -0.3 is 33.7 Å². The van der Waals surface area contributed by atoms with Crippen molar-refractivity contribution in [3.05, 3.63) is 11.6 Å². The van der Waals surface area contributed by atoms with Gasteiger partial charge in [-0.15, -0.1) is 0 Å². The molecule has 1 N–H and O–H groups in total. The van der Waals surface area contributed by atoms with Crippen molar-refractivity contribution < 1.29 is 43.2 Å². The van der Waals surface area contributed by atoms with E-state index < -0.39 is 71.7 Å². The van der Waals surface area contributed by atoms with E-state index in [1.165, 1.54) is 0 Å². The second-order valence-electron chi connectivity index (χ2n) is 14.5. The van der Waals surface area contributed by atoms with Crippen LogP contribution in [-0.4, -0.2) is 114 Å². The number of rotatable bonds is 6. The number of ether oxygens (including phenoxy) is 5. The largest absolute Gasteiger partial charge is 0.455 e. The van der Waals surface area contributed by atoms with Crippen LogP contribution in [0, 0.1) is 17.8 Å². The summed E-state index contributed by atoms with van der Waals surface area (Å²) in [5.74, 6) is -2.18. The summed E-state index contributed by atoms with van der Waals surface area (Å²) < 4.78 is 31.1. The molecule has 0 radical (unpaired) electrons. The summed E-state index contributed by atoms with van der Waals surface area (Å²) in [6, 6.07) is -1.10. The molecule has 2 fully saturated rings. The van der Waals surface area contributed by atoms with Crippen LogP contribution in [-0.2, 0) is 33.3 Å². The van der Waals surface area contributed by atoms with E-state index in [1.807, 2.05) is 74.4 Å². The van der Waals surface area contributed by atoms with Crippen LogP contribution in [0.2, 0.25) is 0 Å². The van der Waals surface area contributed by atoms with Gasteiger partial charge in [-0.25, -0.2) is 9.59 Å². The predicted molar refractivity (Wildman–Crippen MR) is 169 cm³/mol. The number of ketones is 1. The van der Waals surface area contributed by atoms with E-state index in [9.17, 15) is 19.5 Å². The molecule has 0 bridgehead atoms. The third-order valence-electron chi connectivity index (χ3n) is 10.3. The molecule has 0 aromatic carbocycles. The van der Waals surface area contributed by atoms with Crippen LogP contribution in [0.4, 0.5) is 4.79 Å². The Hall–Kier alpha value is -2.05. The lowest BCUT2D eigenvalue weighted by Gasteiger charge is -2.47. The number of carbonyl (C=O) groups excluding carboxylic acids is 3. The number of likely N-dealkylation sites (N-methyl/N-ethyl adjacent to an activating group) is 1. The Kier molecular flexibility index (Phi) is 12.0. The van der Waals surface area contributed by atoms with Crippen LogP contribution in [0.25, 0.3) is 0 Å². The van der Waals surface area contributed by atoms with Crippen molar-refractivity contribution in [2.75, 3.05) is 21.2 Å². The van der Waals surface area contributed by atoms with E-state index >= 15 is 0 Å². The summed E-state index contributed by atoms with van der Waals surface area (Å²) in [5.41, 5.74) is -1.93. The Morgan fingerprint density at radius 1 is 1.13 bits per heavy atom. The number of esters is 1. The molecule has 45 heavy (non-hydrogen) atoms. The van der Waals surface area contributed by atoms with Crippen molar-refractivity contribution in [3.63, 3.8) is 0 Å². The quantitative estimate of drug-likeness (QED) is 0.420. The summed E-state index contributed by atoms with van der Waals surface area (Å²) in [6.07, 6.45) is -1.01. The van der Waals surface area contributed by atoms with E-state index in [0.29, 0.717) is 18.4 Å². The first-order valence-corrected chi connectivity index (χ1v) is 16.5. The van der Waals surface area contributed by atoms with E-state index in [1.54, 1.807) is 31.9 Å². The van der Waals surface area contributed by atoms with Gasteiger partial charge in [0.05, 0.1) is 23.9 Å². The lowest BCUT2D eigenvalue weighted by atomic mass is 9.74. The van der Waals surface area contributed by atoms with Crippen molar-refractivity contribution >= 4 is 17.8 Å². The average Bonchev–Trinajstić information content (AvgIpc) is 3.24. The fourth-order valence-corrected chi connectivity index (χ4v) is 7.85. The molecule has 0 saturated carbocycles. The van der Waals surface area contributed by atoms with Gasteiger partial charge in [-0.1, -0.05) is 33.8 Å². The molecule has 11 heteroatoms. The fraction of sp³-hybridized carbons (Fsp3) is 0.853. The number of hydrogen-bond acceptors (Lipinski definition) is 10. The Morgan fingerprint density at radius 3 is 2.29 bits per heavy atom. The molecule has 2 saturated heterocycles. The molecule has 0 unspecified atom stereocenters. The Bertz CT molecular complexity index is 1110. The third-order valence-corrected chi connectivity index (χ3v) is 10.3. The maximum Gasteiger partial charge on any atom is 0.411 e. The molecule has 12 atom stereocenters. The number of amides is 1. The molecular formula is C34H58N2O9. The van der Waals surface area contributed by atoms with Crippen molar-refractivity contribution in [2.24, 2.45) is 17.8 Å². The van der Waals surface area contributed by atoms with Gasteiger partial charge in [0, 0.05) is 42.5 Å². The first kappa shape index (κ1) is 37.4. The normalized spacial score (nSPS) is 43.4. The number of Topliss-reactive ketones (excluding diaryl/α,β-unsaturated/α-hetero) is 1. The van der Waals surface area contributed by atoms with Crippen molar-refractivity contribution in [1.29, 1.82) is 0 Å². The van der Waals surface area contributed by atoms with Gasteiger partial charge in [-0.2, -0.15) is 0 Å². The molecule has 11 nitrogen and oxygen atoms in total. The van der Waals surface area contributed by atoms with Gasteiger partial charge in [-0.05, 0) is 74.9 Å². The first-order valence-electron chi connectivity index (χ1n) is 16.5. The number of methoxy groups -OCH3 is 1. The first-order chi connectivity index (χ1) is 20.8. The number of carbonyl (C=O) groups is 3. The summed E-state index contributed by atoms with van der Waals surface area (Å²) in [4.78, 5) is 44.8. The third kappa shape index (κ3) is 7.43. The summed E-state index contributed by atoms with van der Waals surface area (Å²) in [7, 11) is 5.40. The van der Waals surface area contributed by atoms with Crippen LogP contribution < -0.4 is 0 Å². The zero-order valence-corrected chi connectivity index (χ0v) is 29.7. The van der Waals surface area contributed by atoms with Crippen LogP contribution in [0.3, 0.4) is 0 Å². The number of aliphatic hydroxyl groups excluding tert-OH is 1. The highest BCUT2D eigenvalue weighted by Gasteiger charge is 2.60. The van der Waals surface area contributed by atoms with Crippen LogP contribution >= 0.6 is 0 Å². The summed E-state index contributed by atoms with van der Waals surface area (Å²) in [6.45, 7) is 18.5. The van der Waals surface area contributed by atoms with Gasteiger partial charge in [0.15, 0.2) is 11.9 Å². The molecule has 3 aliphatic heterocycles. The number of aliphatic hydroxyl groups is 1. The van der Waals surface area contributed by atoms with Crippen LogP contribution in [0.5, 0.6) is 0 Å². The second-order valence-corrected chi connectivity index (χ2v) is 14.5. The van der Waals surface area contributed by atoms with E-state index in [4.69, 9.17) is 23.7 Å². The smallest absolute Gasteiger partial charge is 0.411 e. The van der Waals surface area contributed by atoms with Crippen LogP contribution in [0.1, 0.15) is 88.5 Å². The van der Waals surface area contributed by atoms with Crippen molar-refractivity contribution in [2.45, 2.75) is 149 Å². The highest BCUT2D eigenvalue weighted by molar-refractivity contribution is 5.88. The number of cyclic esters (lactones) is 1. The zero-order valence-electron chi connectivity index (χ0n) is 29.7. The SMILES string of the molecule is CC[C@H]1OC(=O)/C(C)=C/[C@H](C)[C@@H](O[C@@H]2O[C@H](C)C[C@H](N(C)C)[C@H]2O)[C@@](C)(OC)C[C@@H](C)C(=O)[C@H](C)[C@H]2N(C(C)C)C(=O)O[C@]12C. The molecule has 258 valence electrons. The van der Waals surface area contributed by atoms with Gasteiger partial charge in [0.1, 0.15) is 18.0 Å². The minimum atomic E-state index is -1.25. The lowest BCUT2D eigenvalue weighted by Crippen LogP contribution is -2.59. The van der Waals surface area contributed by atoms with Gasteiger partial charge in [0.2, 0.25) is 0 Å². The van der Waals surface area contributed by atoms with Crippen LogP contribution in [0.15, 0.2) is 11.6 Å². The monoisotopic (exact) mass is 638 g/mol. The Labute approximate surface area is 269 Å². The minimum Gasteiger partial charge on any atom is -0.455 e. The predicted octanol–water partition coefficient (Wildman–Crippen LogP) is 4.34. The minimum absolute atomic E-state index is 0.0648. The summed E-state index contributed by atoms with van der Waals surface area (Å²) >= 11 is 0. The zero-order chi connectivity index (χ0) is 34.2. The molecule has 0 aromatic heterocycles. The highest BCUT2D eigenvalue weighted by atomic mass is 16.7. The topological polar surface area (TPSA) is 124 Å². The number of fused-ring (bicyclic) bond motifs is 1. The fourth-order valence-electron chi connectivity index (χ4n) is 7.85. The standard InChI is InChI=1S/C34H58N2O9/c1-14-25-34(10)28(36(18(2)3)32(40)45-34)23(8)26(37)21(6)17-33(9,41-13)29(19(4)15-20(5)30(39)43-25)44-31-27(38)24(35(11)12)16-22(7)42-31/h15,18-19,21-25,27-29,31,38H,14,16-17H2,1-13H3/b20-15+/t19-,21+,22+,23-,24-,25+,27+,28+,29+,31-,33-,34+/m0/s1. The van der Waals surface area contributed by atoms with E-state index in [-0.39, 0.29) is 30.4 Å². The van der Waals surface area contributed by atoms with Crippen molar-refractivity contribution in [1.82, 2.24) is 9.80 Å². The molecule has 0 aliphatic carbocycles. The molecule has 0 aromatic rings. The molecular weight excluding hydrogens is 580 g/mol. The van der Waals surface area contributed by atoms with Crippen molar-refractivity contribution in [3.8, 4) is 0 Å². The number of nitrogens with zero attached hydrogens (tertiary/aromatic N) is 2. The summed E-state index contributed by atoms with van der Waals surface area (Å²) in [5, 5.41) is 11.3. The lowest BCUT2D eigenvalue weighted by molar-refractivity contribution is -0.294. The Balaban J connectivity index is 2.14. The molecule has 3 heterocycles. The van der Waals surface area contributed by atoms with Gasteiger partial charge in [0.25, 0.3) is 0 Å². The van der Waals surface area contributed by atoms with E-state index in [0.717, 1.165) is 0 Å². The number of hydrogen-bond donors (Lipinski definition) is 1. The molecule has 0 spiro atoms. The Morgan fingerprint density at radius 2 is 1.76 bits per heavy atom. The molecule has 3 aliphatic rings. The van der Waals surface area contributed by atoms with E-state index in [2.05, 4.69) is 0 Å². The maximum absolute atomic E-state index is 14.3.